The summed E-state index contributed by atoms with van der Waals surface area (Å²) >= 11 is 0. The maximum atomic E-state index is 5.68. The lowest BCUT2D eigenvalue weighted by atomic mass is 10.2. The molecule has 84 valence electrons. The quantitative estimate of drug-likeness (QED) is 0.796. The van der Waals surface area contributed by atoms with Crippen molar-refractivity contribution >= 4 is 0 Å². The van der Waals surface area contributed by atoms with Crippen LogP contribution in [0.4, 0.5) is 0 Å². The van der Waals surface area contributed by atoms with E-state index in [1.165, 1.54) is 6.42 Å². The number of likely N-dealkylation sites (tertiary alicyclic amines) is 1. The molecule has 2 heterocycles. The first-order valence-corrected chi connectivity index (χ1v) is 5.45. The molecule has 2 unspecified atom stereocenters. The maximum Gasteiger partial charge on any atom is 0.228 e. The molecule has 0 saturated carbocycles. The average Bonchev–Trinajstić information content (AvgIpc) is 2.72. The van der Waals surface area contributed by atoms with E-state index in [9.17, 15) is 0 Å². The Kier molecular flexibility index (Phi) is 3.02. The Morgan fingerprint density at radius 3 is 3.07 bits per heavy atom. The minimum atomic E-state index is 0.0691. The second-order valence-electron chi connectivity index (χ2n) is 4.37. The van der Waals surface area contributed by atoms with Crippen molar-refractivity contribution in [2.75, 3.05) is 13.6 Å². The van der Waals surface area contributed by atoms with Crippen LogP contribution in [-0.4, -0.2) is 34.7 Å². The predicted octanol–water partition coefficient (Wildman–Crippen LogP) is 0.726. The predicted molar refractivity (Wildman–Crippen MR) is 56.3 cm³/mol. The Morgan fingerprint density at radius 1 is 1.67 bits per heavy atom. The van der Waals surface area contributed by atoms with Gasteiger partial charge in [0.05, 0.1) is 6.04 Å². The van der Waals surface area contributed by atoms with E-state index in [2.05, 4.69) is 22.1 Å². The van der Waals surface area contributed by atoms with Gasteiger partial charge in [0.25, 0.3) is 0 Å². The number of hydrogen-bond acceptors (Lipinski definition) is 5. The lowest BCUT2D eigenvalue weighted by molar-refractivity contribution is 0.292. The van der Waals surface area contributed by atoms with Crippen LogP contribution in [0.15, 0.2) is 4.52 Å². The number of rotatable bonds is 3. The summed E-state index contributed by atoms with van der Waals surface area (Å²) in [7, 11) is 2.10. The fourth-order valence-corrected chi connectivity index (χ4v) is 2.00. The minimum Gasteiger partial charge on any atom is -0.339 e. The Hall–Kier alpha value is -0.940. The van der Waals surface area contributed by atoms with E-state index in [1.54, 1.807) is 0 Å². The zero-order valence-electron chi connectivity index (χ0n) is 9.31. The fourth-order valence-electron chi connectivity index (χ4n) is 2.00. The van der Waals surface area contributed by atoms with Crippen molar-refractivity contribution in [1.82, 2.24) is 15.0 Å². The van der Waals surface area contributed by atoms with Gasteiger partial charge in [-0.1, -0.05) is 5.16 Å². The molecule has 1 aromatic rings. The molecule has 5 nitrogen and oxygen atoms in total. The van der Waals surface area contributed by atoms with Gasteiger partial charge in [-0.05, 0) is 33.4 Å². The highest BCUT2D eigenvalue weighted by molar-refractivity contribution is 4.98. The lowest BCUT2D eigenvalue weighted by Gasteiger charge is -2.14. The van der Waals surface area contributed by atoms with Crippen molar-refractivity contribution in [3.63, 3.8) is 0 Å². The standard InChI is InChI=1S/C10H18N4O/c1-7(11)6-9-12-10(13-15-9)8-4-3-5-14(8)2/h7-8H,3-6,11H2,1-2H3. The second kappa shape index (κ2) is 4.28. The summed E-state index contributed by atoms with van der Waals surface area (Å²) in [5.74, 6) is 1.46. The van der Waals surface area contributed by atoms with Crippen LogP contribution in [0.5, 0.6) is 0 Å². The van der Waals surface area contributed by atoms with E-state index < -0.39 is 0 Å². The van der Waals surface area contributed by atoms with Gasteiger partial charge < -0.3 is 10.3 Å². The van der Waals surface area contributed by atoms with Crippen LogP contribution < -0.4 is 5.73 Å². The molecule has 1 fully saturated rings. The van der Waals surface area contributed by atoms with Crippen LogP contribution in [0.25, 0.3) is 0 Å². The van der Waals surface area contributed by atoms with E-state index in [-0.39, 0.29) is 6.04 Å². The molecule has 2 rings (SSSR count). The van der Waals surface area contributed by atoms with Crippen LogP contribution in [0, 0.1) is 0 Å². The average molecular weight is 210 g/mol. The molecule has 5 heteroatoms. The maximum absolute atomic E-state index is 5.68. The topological polar surface area (TPSA) is 68.2 Å². The van der Waals surface area contributed by atoms with E-state index >= 15 is 0 Å². The van der Waals surface area contributed by atoms with E-state index in [4.69, 9.17) is 10.3 Å². The van der Waals surface area contributed by atoms with Crippen molar-refractivity contribution in [3.05, 3.63) is 11.7 Å². The van der Waals surface area contributed by atoms with Crippen LogP contribution in [0.1, 0.15) is 37.5 Å². The summed E-state index contributed by atoms with van der Waals surface area (Å²) in [6.45, 7) is 3.05. The summed E-state index contributed by atoms with van der Waals surface area (Å²) in [6.07, 6.45) is 2.98. The molecular formula is C10H18N4O. The molecule has 0 spiro atoms. The van der Waals surface area contributed by atoms with Gasteiger partial charge in [0, 0.05) is 12.5 Å². The van der Waals surface area contributed by atoms with Crippen LogP contribution in [-0.2, 0) is 6.42 Å². The molecule has 1 aliphatic heterocycles. The summed E-state index contributed by atoms with van der Waals surface area (Å²) in [5, 5.41) is 4.02. The zero-order valence-corrected chi connectivity index (χ0v) is 9.31. The summed E-state index contributed by atoms with van der Waals surface area (Å²) in [6, 6.07) is 0.398. The highest BCUT2D eigenvalue weighted by Gasteiger charge is 2.27. The first kappa shape index (κ1) is 10.6. The van der Waals surface area contributed by atoms with Gasteiger partial charge in [-0.3, -0.25) is 4.90 Å². The fraction of sp³-hybridized carbons (Fsp3) is 0.800. The van der Waals surface area contributed by atoms with Gasteiger partial charge in [-0.2, -0.15) is 4.98 Å². The monoisotopic (exact) mass is 210 g/mol. The smallest absolute Gasteiger partial charge is 0.228 e. The van der Waals surface area contributed by atoms with Crippen molar-refractivity contribution in [2.45, 2.75) is 38.3 Å². The van der Waals surface area contributed by atoms with Crippen molar-refractivity contribution in [2.24, 2.45) is 5.73 Å². The minimum absolute atomic E-state index is 0.0691. The van der Waals surface area contributed by atoms with Crippen molar-refractivity contribution < 1.29 is 4.52 Å². The van der Waals surface area contributed by atoms with E-state index in [0.29, 0.717) is 18.4 Å². The van der Waals surface area contributed by atoms with Gasteiger partial charge in [-0.15, -0.1) is 0 Å². The molecular weight excluding hydrogens is 192 g/mol. The van der Waals surface area contributed by atoms with Crippen molar-refractivity contribution in [1.29, 1.82) is 0 Å². The molecule has 0 aliphatic carbocycles. The van der Waals surface area contributed by atoms with Crippen LogP contribution in [0.2, 0.25) is 0 Å². The van der Waals surface area contributed by atoms with Gasteiger partial charge in [0.2, 0.25) is 5.89 Å². The SMILES string of the molecule is CC(N)Cc1nc(C2CCCN2C)no1. The van der Waals surface area contributed by atoms with Gasteiger partial charge >= 0.3 is 0 Å². The molecule has 2 atom stereocenters. The molecule has 15 heavy (non-hydrogen) atoms. The molecule has 0 bridgehead atoms. The molecule has 1 aliphatic rings. The molecule has 2 N–H and O–H groups in total. The number of hydrogen-bond donors (Lipinski definition) is 1. The van der Waals surface area contributed by atoms with E-state index in [0.717, 1.165) is 18.8 Å². The molecule has 1 saturated heterocycles. The second-order valence-corrected chi connectivity index (χ2v) is 4.37. The first-order chi connectivity index (χ1) is 7.16. The Labute approximate surface area is 89.6 Å². The van der Waals surface area contributed by atoms with Gasteiger partial charge in [-0.25, -0.2) is 0 Å². The third-order valence-corrected chi connectivity index (χ3v) is 2.80. The lowest BCUT2D eigenvalue weighted by Crippen LogP contribution is -2.19. The summed E-state index contributed by atoms with van der Waals surface area (Å²) < 4.78 is 5.17. The Morgan fingerprint density at radius 2 is 2.47 bits per heavy atom. The van der Waals surface area contributed by atoms with Crippen LogP contribution >= 0.6 is 0 Å². The summed E-state index contributed by atoms with van der Waals surface area (Å²) in [5.41, 5.74) is 5.68. The van der Waals surface area contributed by atoms with E-state index in [1.807, 2.05) is 6.92 Å². The zero-order chi connectivity index (χ0) is 10.8. The Bertz CT molecular complexity index is 323. The molecule has 0 aromatic carbocycles. The highest BCUT2D eigenvalue weighted by atomic mass is 16.5. The van der Waals surface area contributed by atoms with Crippen molar-refractivity contribution in [3.8, 4) is 0 Å². The number of aromatic nitrogens is 2. The Balaban J connectivity index is 2.06. The summed E-state index contributed by atoms with van der Waals surface area (Å²) in [4.78, 5) is 6.65. The number of nitrogens with zero attached hydrogens (tertiary/aromatic N) is 3. The van der Waals surface area contributed by atoms with Gasteiger partial charge in [0.1, 0.15) is 0 Å². The molecule has 1 aromatic heterocycles. The normalized spacial score (nSPS) is 24.6. The number of nitrogens with two attached hydrogens (primary N) is 1. The third kappa shape index (κ3) is 2.35. The highest BCUT2D eigenvalue weighted by Crippen LogP contribution is 2.28. The third-order valence-electron chi connectivity index (χ3n) is 2.80. The molecule has 0 amide bonds. The van der Waals surface area contributed by atoms with Gasteiger partial charge in [0.15, 0.2) is 5.82 Å². The largest absolute Gasteiger partial charge is 0.339 e. The molecule has 0 radical (unpaired) electrons. The van der Waals surface area contributed by atoms with Crippen LogP contribution in [0.3, 0.4) is 0 Å². The first-order valence-electron chi connectivity index (χ1n) is 5.45.